The monoisotopic (exact) mass is 579 g/mol. The highest BCUT2D eigenvalue weighted by Gasteiger charge is 2.33. The standard InChI is InChI=1S/C24H17F3IN3O3/c1-2-34-23(33)21-17-9-5-14(12-20(17)30-31-21)13-3-7-16(8-4-13)29-22(32)15-6-10-19(28)18(11-15)24(25,26)27/h3-12H,2H2,1H3,(H,29,32)(H,30,31). The van der Waals surface area contributed by atoms with Gasteiger partial charge in [-0.05, 0) is 83.1 Å². The summed E-state index contributed by atoms with van der Waals surface area (Å²) in [6.07, 6.45) is -4.54. The van der Waals surface area contributed by atoms with E-state index in [1.165, 1.54) is 12.1 Å². The third-order valence-corrected chi connectivity index (χ3v) is 5.98. The molecule has 2 N–H and O–H groups in total. The number of fused-ring (bicyclic) bond motifs is 1. The Morgan fingerprint density at radius 3 is 2.41 bits per heavy atom. The molecular formula is C24H17F3IN3O3. The van der Waals surface area contributed by atoms with Crippen LogP contribution in [0.4, 0.5) is 18.9 Å². The van der Waals surface area contributed by atoms with E-state index in [0.29, 0.717) is 16.6 Å². The number of nitrogens with one attached hydrogen (secondary N) is 2. The van der Waals surface area contributed by atoms with Crippen molar-refractivity contribution in [1.29, 1.82) is 0 Å². The maximum absolute atomic E-state index is 13.1. The molecule has 1 aromatic heterocycles. The molecule has 0 aliphatic carbocycles. The van der Waals surface area contributed by atoms with Gasteiger partial charge < -0.3 is 10.1 Å². The van der Waals surface area contributed by atoms with E-state index in [4.69, 9.17) is 4.74 Å². The number of rotatable bonds is 5. The number of aromatic amines is 1. The zero-order valence-corrected chi connectivity index (χ0v) is 19.8. The van der Waals surface area contributed by atoms with Gasteiger partial charge in [-0.25, -0.2) is 4.79 Å². The van der Waals surface area contributed by atoms with Crippen molar-refractivity contribution < 1.29 is 27.5 Å². The highest BCUT2D eigenvalue weighted by Crippen LogP contribution is 2.33. The molecule has 0 radical (unpaired) electrons. The van der Waals surface area contributed by atoms with Crippen LogP contribution in [0, 0.1) is 3.57 Å². The number of carbonyl (C=O) groups is 2. The first-order valence-corrected chi connectivity index (χ1v) is 11.2. The van der Waals surface area contributed by atoms with Crippen molar-refractivity contribution in [3.8, 4) is 11.1 Å². The SMILES string of the molecule is CCOC(=O)c1n[nH]c2cc(-c3ccc(NC(=O)c4ccc(I)c(C(F)(F)F)c4)cc3)ccc12. The molecule has 0 unspecified atom stereocenters. The minimum atomic E-state index is -4.54. The molecular weight excluding hydrogens is 562 g/mol. The van der Waals surface area contributed by atoms with Gasteiger partial charge in [0, 0.05) is 20.2 Å². The predicted molar refractivity (Wildman–Crippen MR) is 130 cm³/mol. The molecule has 10 heteroatoms. The third-order valence-electron chi connectivity index (χ3n) is 5.04. The molecule has 4 aromatic rings. The number of aromatic nitrogens is 2. The van der Waals surface area contributed by atoms with E-state index in [9.17, 15) is 22.8 Å². The number of ether oxygens (including phenoxy) is 1. The molecule has 0 bridgehead atoms. The van der Waals surface area contributed by atoms with Crippen molar-refractivity contribution in [2.24, 2.45) is 0 Å². The van der Waals surface area contributed by atoms with Crippen molar-refractivity contribution in [2.75, 3.05) is 11.9 Å². The highest BCUT2D eigenvalue weighted by atomic mass is 127. The Labute approximate surface area is 205 Å². The summed E-state index contributed by atoms with van der Waals surface area (Å²) in [6, 6.07) is 15.8. The summed E-state index contributed by atoms with van der Waals surface area (Å²) < 4.78 is 44.4. The Morgan fingerprint density at radius 2 is 1.74 bits per heavy atom. The maximum Gasteiger partial charge on any atom is 0.417 e. The molecule has 0 spiro atoms. The number of nitrogens with zero attached hydrogens (tertiary/aromatic N) is 1. The molecule has 3 aromatic carbocycles. The molecule has 6 nitrogen and oxygen atoms in total. The lowest BCUT2D eigenvalue weighted by atomic mass is 10.0. The largest absolute Gasteiger partial charge is 0.461 e. The molecule has 4 rings (SSSR count). The Hall–Kier alpha value is -3.41. The average molecular weight is 579 g/mol. The van der Waals surface area contributed by atoms with Gasteiger partial charge in [0.1, 0.15) is 0 Å². The average Bonchev–Trinajstić information content (AvgIpc) is 3.22. The van der Waals surface area contributed by atoms with Crippen LogP contribution in [0.5, 0.6) is 0 Å². The number of H-pyrrole nitrogens is 1. The van der Waals surface area contributed by atoms with Gasteiger partial charge in [-0.2, -0.15) is 18.3 Å². The highest BCUT2D eigenvalue weighted by molar-refractivity contribution is 14.1. The van der Waals surface area contributed by atoms with Gasteiger partial charge in [0.2, 0.25) is 0 Å². The summed E-state index contributed by atoms with van der Waals surface area (Å²) >= 11 is 1.59. The number of hydrogen-bond acceptors (Lipinski definition) is 4. The molecule has 0 aliphatic heterocycles. The second-order valence-electron chi connectivity index (χ2n) is 7.28. The number of anilines is 1. The smallest absolute Gasteiger partial charge is 0.417 e. The number of alkyl halides is 3. The Kier molecular flexibility index (Phi) is 6.60. The van der Waals surface area contributed by atoms with Crippen LogP contribution < -0.4 is 5.32 Å². The molecule has 1 heterocycles. The maximum atomic E-state index is 13.1. The minimum Gasteiger partial charge on any atom is -0.461 e. The van der Waals surface area contributed by atoms with Crippen molar-refractivity contribution in [2.45, 2.75) is 13.1 Å². The molecule has 34 heavy (non-hydrogen) atoms. The summed E-state index contributed by atoms with van der Waals surface area (Å²) in [5.74, 6) is -1.14. The lowest BCUT2D eigenvalue weighted by Crippen LogP contribution is -2.15. The van der Waals surface area contributed by atoms with Gasteiger partial charge in [0.15, 0.2) is 5.69 Å². The first kappa shape index (κ1) is 23.7. The molecule has 0 saturated heterocycles. The van der Waals surface area contributed by atoms with E-state index in [2.05, 4.69) is 15.5 Å². The van der Waals surface area contributed by atoms with Crippen LogP contribution in [0.3, 0.4) is 0 Å². The van der Waals surface area contributed by atoms with Crippen LogP contribution in [0.25, 0.3) is 22.0 Å². The van der Waals surface area contributed by atoms with Crippen molar-refractivity contribution in [3.05, 3.63) is 81.1 Å². The van der Waals surface area contributed by atoms with E-state index in [1.807, 2.05) is 12.1 Å². The lowest BCUT2D eigenvalue weighted by Gasteiger charge is -2.12. The molecule has 0 fully saturated rings. The zero-order valence-electron chi connectivity index (χ0n) is 17.7. The number of esters is 1. The quantitative estimate of drug-likeness (QED) is 0.215. The van der Waals surface area contributed by atoms with Gasteiger partial charge in [0.05, 0.1) is 17.7 Å². The fourth-order valence-corrected chi connectivity index (χ4v) is 4.03. The Bertz CT molecular complexity index is 1380. The van der Waals surface area contributed by atoms with Gasteiger partial charge in [-0.1, -0.05) is 18.2 Å². The molecule has 1 amide bonds. The van der Waals surface area contributed by atoms with Crippen LogP contribution in [0.2, 0.25) is 0 Å². The fourth-order valence-electron chi connectivity index (χ4n) is 3.39. The van der Waals surface area contributed by atoms with Gasteiger partial charge in [-0.15, -0.1) is 0 Å². The third kappa shape index (κ3) is 4.91. The number of carbonyl (C=O) groups excluding carboxylic acids is 2. The van der Waals surface area contributed by atoms with Crippen LogP contribution in [0.1, 0.15) is 33.3 Å². The van der Waals surface area contributed by atoms with E-state index >= 15 is 0 Å². The number of hydrogen-bond donors (Lipinski definition) is 2. The van der Waals surface area contributed by atoms with E-state index in [0.717, 1.165) is 17.2 Å². The topological polar surface area (TPSA) is 84.1 Å². The summed E-state index contributed by atoms with van der Waals surface area (Å²) in [5, 5.41) is 10.1. The predicted octanol–water partition coefficient (Wildman–Crippen LogP) is 6.28. The number of halogens is 4. The van der Waals surface area contributed by atoms with E-state index < -0.39 is 23.6 Å². The van der Waals surface area contributed by atoms with Crippen LogP contribution in [0.15, 0.2) is 60.7 Å². The van der Waals surface area contributed by atoms with Gasteiger partial charge >= 0.3 is 12.1 Å². The second kappa shape index (κ2) is 9.45. The van der Waals surface area contributed by atoms with Crippen LogP contribution in [-0.4, -0.2) is 28.7 Å². The molecule has 174 valence electrons. The van der Waals surface area contributed by atoms with Crippen molar-refractivity contribution in [1.82, 2.24) is 10.2 Å². The fraction of sp³-hybridized carbons (Fsp3) is 0.125. The normalized spacial score (nSPS) is 11.4. The van der Waals surface area contributed by atoms with Gasteiger partial charge in [0.25, 0.3) is 5.91 Å². The summed E-state index contributed by atoms with van der Waals surface area (Å²) in [6.45, 7) is 1.97. The van der Waals surface area contributed by atoms with Gasteiger partial charge in [-0.3, -0.25) is 9.89 Å². The number of benzene rings is 3. The summed E-state index contributed by atoms with van der Waals surface area (Å²) in [4.78, 5) is 24.5. The lowest BCUT2D eigenvalue weighted by molar-refractivity contribution is -0.138. The minimum absolute atomic E-state index is 0.0228. The number of amides is 1. The molecule has 0 saturated carbocycles. The van der Waals surface area contributed by atoms with E-state index in [1.54, 1.807) is 59.8 Å². The van der Waals surface area contributed by atoms with E-state index in [-0.39, 0.29) is 21.4 Å². The van der Waals surface area contributed by atoms with Crippen molar-refractivity contribution in [3.63, 3.8) is 0 Å². The second-order valence-corrected chi connectivity index (χ2v) is 8.44. The molecule has 0 aliphatic rings. The van der Waals surface area contributed by atoms with Crippen LogP contribution >= 0.6 is 22.6 Å². The Balaban J connectivity index is 1.52. The summed E-state index contributed by atoms with van der Waals surface area (Å²) in [7, 11) is 0. The first-order valence-electron chi connectivity index (χ1n) is 10.1. The Morgan fingerprint density at radius 1 is 1.03 bits per heavy atom. The van der Waals surface area contributed by atoms with Crippen molar-refractivity contribution >= 4 is 51.1 Å². The zero-order chi connectivity index (χ0) is 24.5. The summed E-state index contributed by atoms with van der Waals surface area (Å²) in [5.41, 5.74) is 2.06. The molecule has 0 atom stereocenters. The first-order chi connectivity index (χ1) is 16.2. The van der Waals surface area contributed by atoms with Crippen LogP contribution in [-0.2, 0) is 10.9 Å².